The summed E-state index contributed by atoms with van der Waals surface area (Å²) < 4.78 is 6.85. The Morgan fingerprint density at radius 3 is 1.09 bits per heavy atom. The highest BCUT2D eigenvalue weighted by Crippen LogP contribution is 2.33. The Balaban J connectivity index is 4.49. The maximum Gasteiger partial charge on any atom is 0.0682 e. The third-order valence-electron chi connectivity index (χ3n) is 7.92. The summed E-state index contributed by atoms with van der Waals surface area (Å²) in [5.41, 5.74) is 0.134. The lowest BCUT2D eigenvalue weighted by Gasteiger charge is -2.35. The molecule has 0 saturated heterocycles. The zero-order chi connectivity index (χ0) is 25.7. The minimum atomic E-state index is 0.134. The summed E-state index contributed by atoms with van der Waals surface area (Å²) in [4.78, 5) is 0. The van der Waals surface area contributed by atoms with Crippen LogP contribution in [0, 0.1) is 0 Å². The van der Waals surface area contributed by atoms with Gasteiger partial charge in [0.25, 0.3) is 0 Å². The fraction of sp³-hybridized carbons (Fsp3) is 1.00. The van der Waals surface area contributed by atoms with Crippen LogP contribution in [0.3, 0.4) is 0 Å². The van der Waals surface area contributed by atoms with Gasteiger partial charge in [0.05, 0.1) is 5.60 Å². The van der Waals surface area contributed by atoms with Crippen molar-refractivity contribution in [3.05, 3.63) is 0 Å². The average Bonchev–Trinajstić information content (AvgIpc) is 2.87. The number of hydrogen-bond donors (Lipinski definition) is 1. The summed E-state index contributed by atoms with van der Waals surface area (Å²) in [7, 11) is 0. The van der Waals surface area contributed by atoms with E-state index >= 15 is 0 Å². The minimum Gasteiger partial charge on any atom is -0.375 e. The van der Waals surface area contributed by atoms with E-state index in [4.69, 9.17) is 4.74 Å². The van der Waals surface area contributed by atoms with Gasteiger partial charge in [-0.2, -0.15) is 12.6 Å². The second-order valence-corrected chi connectivity index (χ2v) is 11.9. The van der Waals surface area contributed by atoms with Crippen LogP contribution in [-0.4, -0.2) is 18.0 Å². The molecular formula is C33H68OS. The molecular weight excluding hydrogens is 444 g/mol. The van der Waals surface area contributed by atoms with Crippen molar-refractivity contribution in [1.82, 2.24) is 0 Å². The summed E-state index contributed by atoms with van der Waals surface area (Å²) in [6.07, 6.45) is 37.0. The van der Waals surface area contributed by atoms with Crippen molar-refractivity contribution in [2.75, 3.05) is 12.4 Å². The normalized spacial score (nSPS) is 13.4. The summed E-state index contributed by atoms with van der Waals surface area (Å²) in [5.74, 6) is 0.997. The molecule has 0 bridgehead atoms. The highest BCUT2D eigenvalue weighted by molar-refractivity contribution is 7.80. The van der Waals surface area contributed by atoms with E-state index in [9.17, 15) is 0 Å². The van der Waals surface area contributed by atoms with Crippen molar-refractivity contribution >= 4 is 12.6 Å². The summed E-state index contributed by atoms with van der Waals surface area (Å²) in [6.45, 7) is 7.90. The fourth-order valence-electron chi connectivity index (χ4n) is 5.50. The molecule has 0 aromatic rings. The molecule has 0 aromatic heterocycles. The molecule has 0 rings (SSSR count). The lowest BCUT2D eigenvalue weighted by molar-refractivity contribution is -0.0682. The van der Waals surface area contributed by atoms with Gasteiger partial charge in [0.15, 0.2) is 0 Å². The quantitative estimate of drug-likeness (QED) is 0.0743. The molecule has 0 N–H and O–H groups in total. The van der Waals surface area contributed by atoms with Crippen molar-refractivity contribution in [1.29, 1.82) is 0 Å². The van der Waals surface area contributed by atoms with Gasteiger partial charge in [-0.25, -0.2) is 0 Å². The molecule has 35 heavy (non-hydrogen) atoms. The molecule has 0 aromatic carbocycles. The Morgan fingerprint density at radius 2 is 0.714 bits per heavy atom. The van der Waals surface area contributed by atoms with Gasteiger partial charge in [-0.3, -0.25) is 0 Å². The van der Waals surface area contributed by atoms with E-state index < -0.39 is 0 Å². The van der Waals surface area contributed by atoms with Crippen LogP contribution < -0.4 is 0 Å². The van der Waals surface area contributed by atoms with E-state index in [1.165, 1.54) is 173 Å². The fourth-order valence-corrected chi connectivity index (χ4v) is 5.66. The Hall–Kier alpha value is 0.310. The molecule has 1 atom stereocenters. The number of ether oxygens (including phenoxy) is 1. The van der Waals surface area contributed by atoms with Gasteiger partial charge in [-0.05, 0) is 37.9 Å². The molecule has 212 valence electrons. The molecule has 0 amide bonds. The number of thiol groups is 1. The number of hydrogen-bond acceptors (Lipinski definition) is 2. The molecule has 1 unspecified atom stereocenters. The van der Waals surface area contributed by atoms with Crippen molar-refractivity contribution in [2.45, 2.75) is 200 Å². The van der Waals surface area contributed by atoms with Crippen LogP contribution in [0.5, 0.6) is 0 Å². The van der Waals surface area contributed by atoms with Crippen molar-refractivity contribution in [3.63, 3.8) is 0 Å². The van der Waals surface area contributed by atoms with Gasteiger partial charge in [0.1, 0.15) is 0 Å². The zero-order valence-electron chi connectivity index (χ0n) is 24.9. The first-order valence-electron chi connectivity index (χ1n) is 16.5. The highest BCUT2D eigenvalue weighted by atomic mass is 32.1. The molecule has 0 heterocycles. The molecule has 0 spiro atoms. The first-order chi connectivity index (χ1) is 17.2. The van der Waals surface area contributed by atoms with E-state index in [1.54, 1.807) is 0 Å². The first-order valence-corrected chi connectivity index (χ1v) is 17.1. The van der Waals surface area contributed by atoms with Gasteiger partial charge in [-0.15, -0.1) is 0 Å². The van der Waals surface area contributed by atoms with Crippen LogP contribution >= 0.6 is 12.6 Å². The molecule has 0 fully saturated rings. The SMILES string of the molecule is CCCCCCCCCCOC(CCCS)(CCCCCCCCC)CCCCCCCCCC. The maximum atomic E-state index is 6.85. The van der Waals surface area contributed by atoms with E-state index in [2.05, 4.69) is 33.4 Å². The van der Waals surface area contributed by atoms with E-state index in [0.717, 1.165) is 12.4 Å². The summed E-state index contributed by atoms with van der Waals surface area (Å²) >= 11 is 4.57. The van der Waals surface area contributed by atoms with Crippen molar-refractivity contribution < 1.29 is 4.74 Å². The van der Waals surface area contributed by atoms with E-state index in [-0.39, 0.29) is 5.60 Å². The number of unbranched alkanes of at least 4 members (excludes halogenated alkanes) is 20. The first kappa shape index (κ1) is 35.3. The predicted octanol–water partition coefficient (Wildman–Crippen LogP) is 12.3. The van der Waals surface area contributed by atoms with E-state index in [0.29, 0.717) is 0 Å². The number of rotatable bonds is 30. The monoisotopic (exact) mass is 512 g/mol. The van der Waals surface area contributed by atoms with Crippen LogP contribution in [-0.2, 0) is 4.74 Å². The van der Waals surface area contributed by atoms with Crippen LogP contribution in [0.1, 0.15) is 194 Å². The van der Waals surface area contributed by atoms with Crippen LogP contribution in [0.2, 0.25) is 0 Å². The molecule has 0 aliphatic heterocycles. The van der Waals surface area contributed by atoms with Gasteiger partial charge >= 0.3 is 0 Å². The minimum absolute atomic E-state index is 0.134. The Kier molecular flexibility index (Phi) is 29.1. The Morgan fingerprint density at radius 1 is 0.400 bits per heavy atom. The second kappa shape index (κ2) is 28.9. The topological polar surface area (TPSA) is 9.23 Å². The average molecular weight is 513 g/mol. The van der Waals surface area contributed by atoms with Crippen LogP contribution in [0.25, 0.3) is 0 Å². The Bertz CT molecular complexity index is 385. The van der Waals surface area contributed by atoms with Gasteiger partial charge < -0.3 is 4.74 Å². The largest absolute Gasteiger partial charge is 0.375 e. The Labute approximate surface area is 229 Å². The van der Waals surface area contributed by atoms with Crippen molar-refractivity contribution in [3.8, 4) is 0 Å². The van der Waals surface area contributed by atoms with Gasteiger partial charge in [0.2, 0.25) is 0 Å². The van der Waals surface area contributed by atoms with Gasteiger partial charge in [0, 0.05) is 6.61 Å². The lowest BCUT2D eigenvalue weighted by atomic mass is 9.85. The van der Waals surface area contributed by atoms with Crippen molar-refractivity contribution in [2.24, 2.45) is 0 Å². The van der Waals surface area contributed by atoms with E-state index in [1.807, 2.05) is 0 Å². The molecule has 2 heteroatoms. The second-order valence-electron chi connectivity index (χ2n) is 11.4. The maximum absolute atomic E-state index is 6.85. The zero-order valence-corrected chi connectivity index (χ0v) is 25.8. The van der Waals surface area contributed by atoms with Crippen LogP contribution in [0.4, 0.5) is 0 Å². The molecule has 0 saturated carbocycles. The predicted molar refractivity (Wildman–Crippen MR) is 164 cm³/mol. The smallest absolute Gasteiger partial charge is 0.0682 e. The molecule has 1 nitrogen and oxygen atoms in total. The molecule has 0 radical (unpaired) electrons. The lowest BCUT2D eigenvalue weighted by Crippen LogP contribution is -2.33. The summed E-state index contributed by atoms with van der Waals surface area (Å²) in [6, 6.07) is 0. The molecule has 0 aliphatic rings. The highest BCUT2D eigenvalue weighted by Gasteiger charge is 2.29. The van der Waals surface area contributed by atoms with Gasteiger partial charge in [-0.1, -0.05) is 162 Å². The third kappa shape index (κ3) is 24.4. The summed E-state index contributed by atoms with van der Waals surface area (Å²) in [5, 5.41) is 0. The standard InChI is InChI=1S/C33H68OS/c1-4-7-10-13-16-19-22-25-29-33(30-27-32-35,28-24-21-18-15-12-9-6-3)34-31-26-23-20-17-14-11-8-5-2/h35H,4-32H2,1-3H3. The van der Waals surface area contributed by atoms with Crippen LogP contribution in [0.15, 0.2) is 0 Å². The third-order valence-corrected chi connectivity index (χ3v) is 8.23. The molecule has 0 aliphatic carbocycles.